The third-order valence-electron chi connectivity index (χ3n) is 6.45. The zero-order valence-electron chi connectivity index (χ0n) is 16.6. The Morgan fingerprint density at radius 1 is 1.29 bits per heavy atom. The molecule has 3 fully saturated rings. The van der Waals surface area contributed by atoms with Crippen LogP contribution >= 0.6 is 0 Å². The Morgan fingerprint density at radius 2 is 2.07 bits per heavy atom. The third kappa shape index (κ3) is 3.32. The first-order chi connectivity index (χ1) is 13.6. The van der Waals surface area contributed by atoms with Gasteiger partial charge in [0.25, 0.3) is 5.91 Å². The molecule has 3 saturated heterocycles. The van der Waals surface area contributed by atoms with Crippen molar-refractivity contribution < 1.29 is 19.1 Å². The summed E-state index contributed by atoms with van der Waals surface area (Å²) in [6.07, 6.45) is 3.11. The highest BCUT2D eigenvalue weighted by molar-refractivity contribution is 5.94. The van der Waals surface area contributed by atoms with Crippen molar-refractivity contribution in [2.45, 2.75) is 37.9 Å². The Kier molecular flexibility index (Phi) is 5.19. The standard InChI is InChI=1S/C21H29N3O4/c1-3-10-22-20(26)24-12-17-16(18-8-9-21(17,13-24)28-18)11-23-19(25)14-4-6-15(27-2)7-5-14/h4-7,16-18H,3,8-13H2,1-2H3,(H,22,26)(H,23,25)/t16-,17+,18+,21+/m0/s1. The van der Waals surface area contributed by atoms with Crippen molar-refractivity contribution in [3.8, 4) is 5.75 Å². The molecule has 3 heterocycles. The number of hydrogen-bond donors (Lipinski definition) is 2. The number of urea groups is 1. The maximum atomic E-state index is 12.5. The van der Waals surface area contributed by atoms with Gasteiger partial charge in [-0.1, -0.05) is 6.92 Å². The van der Waals surface area contributed by atoms with Crippen molar-refractivity contribution in [3.63, 3.8) is 0 Å². The molecule has 7 heteroatoms. The molecule has 0 aromatic heterocycles. The van der Waals surface area contributed by atoms with Crippen molar-refractivity contribution in [2.24, 2.45) is 11.8 Å². The van der Waals surface area contributed by atoms with Crippen molar-refractivity contribution >= 4 is 11.9 Å². The van der Waals surface area contributed by atoms with Gasteiger partial charge in [-0.15, -0.1) is 0 Å². The second kappa shape index (κ2) is 7.62. The molecule has 4 atom stereocenters. The van der Waals surface area contributed by atoms with Crippen LogP contribution in [0.5, 0.6) is 5.75 Å². The molecular weight excluding hydrogens is 358 g/mol. The highest BCUT2D eigenvalue weighted by atomic mass is 16.5. The van der Waals surface area contributed by atoms with Crippen molar-refractivity contribution in [1.82, 2.24) is 15.5 Å². The summed E-state index contributed by atoms with van der Waals surface area (Å²) in [5.74, 6) is 1.18. The van der Waals surface area contributed by atoms with E-state index in [4.69, 9.17) is 9.47 Å². The average Bonchev–Trinajstić information content (AvgIpc) is 3.39. The van der Waals surface area contributed by atoms with E-state index in [1.54, 1.807) is 31.4 Å². The molecule has 1 spiro atoms. The van der Waals surface area contributed by atoms with Gasteiger partial charge in [-0.05, 0) is 43.5 Å². The van der Waals surface area contributed by atoms with Crippen LogP contribution in [0.4, 0.5) is 4.79 Å². The molecule has 7 nitrogen and oxygen atoms in total. The Morgan fingerprint density at radius 3 is 2.79 bits per heavy atom. The van der Waals surface area contributed by atoms with E-state index in [9.17, 15) is 9.59 Å². The van der Waals surface area contributed by atoms with Crippen molar-refractivity contribution in [1.29, 1.82) is 0 Å². The van der Waals surface area contributed by atoms with Gasteiger partial charge in [-0.3, -0.25) is 4.79 Å². The van der Waals surface area contributed by atoms with E-state index < -0.39 is 0 Å². The smallest absolute Gasteiger partial charge is 0.317 e. The second-order valence-corrected chi connectivity index (χ2v) is 8.08. The summed E-state index contributed by atoms with van der Waals surface area (Å²) in [6.45, 7) is 4.68. The van der Waals surface area contributed by atoms with Gasteiger partial charge in [0.2, 0.25) is 0 Å². The lowest BCUT2D eigenvalue weighted by atomic mass is 9.73. The summed E-state index contributed by atoms with van der Waals surface area (Å²) in [5, 5.41) is 6.04. The lowest BCUT2D eigenvalue weighted by molar-refractivity contribution is 0.00554. The van der Waals surface area contributed by atoms with Gasteiger partial charge in [0.05, 0.1) is 25.4 Å². The van der Waals surface area contributed by atoms with Crippen LogP contribution in [0, 0.1) is 11.8 Å². The molecule has 0 aliphatic carbocycles. The molecule has 3 aliphatic heterocycles. The van der Waals surface area contributed by atoms with Crippen LogP contribution in [0.25, 0.3) is 0 Å². The quantitative estimate of drug-likeness (QED) is 0.783. The molecule has 2 bridgehead atoms. The lowest BCUT2D eigenvalue weighted by Crippen LogP contribution is -2.41. The van der Waals surface area contributed by atoms with Crippen LogP contribution in [-0.2, 0) is 4.74 Å². The fourth-order valence-corrected chi connectivity index (χ4v) is 5.02. The highest BCUT2D eigenvalue weighted by Gasteiger charge is 2.63. The molecule has 1 aromatic carbocycles. The van der Waals surface area contributed by atoms with E-state index in [1.165, 1.54) is 0 Å². The highest BCUT2D eigenvalue weighted by Crippen LogP contribution is 2.54. The predicted octanol–water partition coefficient (Wildman–Crippen LogP) is 2.02. The predicted molar refractivity (Wildman–Crippen MR) is 104 cm³/mol. The van der Waals surface area contributed by atoms with Gasteiger partial charge in [-0.25, -0.2) is 4.79 Å². The number of fused-ring (bicyclic) bond motifs is 1. The molecule has 0 saturated carbocycles. The van der Waals surface area contributed by atoms with Crippen LogP contribution in [0.1, 0.15) is 36.5 Å². The van der Waals surface area contributed by atoms with Crippen LogP contribution < -0.4 is 15.4 Å². The number of carbonyl (C=O) groups is 2. The minimum Gasteiger partial charge on any atom is -0.497 e. The molecule has 1 aromatic rings. The Hall–Kier alpha value is -2.28. The Bertz CT molecular complexity index is 738. The third-order valence-corrected chi connectivity index (χ3v) is 6.45. The molecule has 28 heavy (non-hydrogen) atoms. The molecule has 152 valence electrons. The monoisotopic (exact) mass is 387 g/mol. The number of methoxy groups -OCH3 is 1. The summed E-state index contributed by atoms with van der Waals surface area (Å²) >= 11 is 0. The largest absolute Gasteiger partial charge is 0.497 e. The molecule has 3 amide bonds. The van der Waals surface area contributed by atoms with Gasteiger partial charge in [0.1, 0.15) is 5.75 Å². The number of hydrogen-bond acceptors (Lipinski definition) is 4. The van der Waals surface area contributed by atoms with Gasteiger partial charge >= 0.3 is 6.03 Å². The first-order valence-corrected chi connectivity index (χ1v) is 10.2. The minimum atomic E-state index is -0.219. The molecular formula is C21H29N3O4. The van der Waals surface area contributed by atoms with E-state index in [0.717, 1.165) is 25.0 Å². The van der Waals surface area contributed by atoms with E-state index in [2.05, 4.69) is 10.6 Å². The van der Waals surface area contributed by atoms with Crippen molar-refractivity contribution in [3.05, 3.63) is 29.8 Å². The molecule has 4 rings (SSSR count). The summed E-state index contributed by atoms with van der Waals surface area (Å²) < 4.78 is 11.5. The lowest BCUT2D eigenvalue weighted by Gasteiger charge is -2.29. The van der Waals surface area contributed by atoms with Crippen LogP contribution in [0.3, 0.4) is 0 Å². The molecule has 0 unspecified atom stereocenters. The van der Waals surface area contributed by atoms with Crippen LogP contribution in [0.2, 0.25) is 0 Å². The molecule has 3 aliphatic rings. The zero-order valence-corrected chi connectivity index (χ0v) is 16.6. The first-order valence-electron chi connectivity index (χ1n) is 10.2. The van der Waals surface area contributed by atoms with E-state index >= 15 is 0 Å². The zero-order chi connectivity index (χ0) is 19.7. The summed E-state index contributed by atoms with van der Waals surface area (Å²) in [6, 6.07) is 7.10. The average molecular weight is 387 g/mol. The number of nitrogens with zero attached hydrogens (tertiary/aromatic N) is 1. The second-order valence-electron chi connectivity index (χ2n) is 8.08. The van der Waals surface area contributed by atoms with E-state index in [0.29, 0.717) is 31.7 Å². The van der Waals surface area contributed by atoms with Gasteiger partial charge in [0, 0.05) is 37.0 Å². The number of benzene rings is 1. The number of ether oxygens (including phenoxy) is 2. The minimum absolute atomic E-state index is 0.00121. The topological polar surface area (TPSA) is 79.9 Å². The number of likely N-dealkylation sites (tertiary alicyclic amines) is 1. The van der Waals surface area contributed by atoms with Crippen molar-refractivity contribution in [2.75, 3.05) is 33.3 Å². The van der Waals surface area contributed by atoms with E-state index in [-0.39, 0.29) is 35.5 Å². The summed E-state index contributed by atoms with van der Waals surface area (Å²) in [7, 11) is 1.60. The SMILES string of the molecule is CCCNC(=O)N1C[C@@H]2[C@H](CNC(=O)c3ccc(OC)cc3)[C@H]3CC[C@]2(C1)O3. The summed E-state index contributed by atoms with van der Waals surface area (Å²) in [5.41, 5.74) is 0.399. The fourth-order valence-electron chi connectivity index (χ4n) is 5.02. The van der Waals surface area contributed by atoms with Crippen LogP contribution in [-0.4, -0.2) is 61.8 Å². The number of rotatable bonds is 6. The Labute approximate surface area is 165 Å². The first kappa shape index (κ1) is 19.1. The fraction of sp³-hybridized carbons (Fsp3) is 0.619. The number of carbonyl (C=O) groups excluding carboxylic acids is 2. The molecule has 0 radical (unpaired) electrons. The number of amides is 3. The summed E-state index contributed by atoms with van der Waals surface area (Å²) in [4.78, 5) is 26.8. The van der Waals surface area contributed by atoms with Gasteiger partial charge in [-0.2, -0.15) is 0 Å². The maximum absolute atomic E-state index is 12.5. The number of nitrogens with one attached hydrogen (secondary N) is 2. The normalized spacial score (nSPS) is 30.2. The van der Waals surface area contributed by atoms with E-state index in [1.807, 2.05) is 11.8 Å². The Balaban J connectivity index is 1.37. The van der Waals surface area contributed by atoms with Crippen LogP contribution in [0.15, 0.2) is 24.3 Å². The molecule has 2 N–H and O–H groups in total. The maximum Gasteiger partial charge on any atom is 0.317 e. The van der Waals surface area contributed by atoms with Gasteiger partial charge < -0.3 is 25.0 Å². The van der Waals surface area contributed by atoms with Gasteiger partial charge in [0.15, 0.2) is 0 Å².